The van der Waals surface area contributed by atoms with Gasteiger partial charge in [-0.05, 0) is 52.3 Å². The first-order valence-corrected chi connectivity index (χ1v) is 7.48. The lowest BCUT2D eigenvalue weighted by Crippen LogP contribution is -2.41. The number of ether oxygens (including phenoxy) is 1. The number of rotatable bonds is 3. The van der Waals surface area contributed by atoms with Crippen molar-refractivity contribution in [2.75, 3.05) is 7.11 Å². The van der Waals surface area contributed by atoms with E-state index in [2.05, 4.69) is 26.8 Å². The Morgan fingerprint density at radius 2 is 1.74 bits per heavy atom. The molecule has 0 atom stereocenters. The van der Waals surface area contributed by atoms with Crippen LogP contribution in [0, 0.1) is 5.82 Å². The lowest BCUT2D eigenvalue weighted by Gasteiger charge is -2.11. The highest BCUT2D eigenvalue weighted by Gasteiger charge is 2.15. The summed E-state index contributed by atoms with van der Waals surface area (Å²) in [7, 11) is 1.39. The summed E-state index contributed by atoms with van der Waals surface area (Å²) >= 11 is 8.96. The zero-order valence-corrected chi connectivity index (χ0v) is 14.2. The molecule has 0 aliphatic heterocycles. The molecule has 0 radical (unpaired) electrons. The summed E-state index contributed by atoms with van der Waals surface area (Å²) in [5.41, 5.74) is 4.68. The molecule has 8 heteroatoms. The van der Waals surface area contributed by atoms with Gasteiger partial charge in [-0.15, -0.1) is 0 Å². The van der Waals surface area contributed by atoms with E-state index in [0.29, 0.717) is 9.50 Å². The summed E-state index contributed by atoms with van der Waals surface area (Å²) < 4.78 is 18.6. The first-order chi connectivity index (χ1) is 10.9. The Morgan fingerprint density at radius 3 is 2.39 bits per heavy atom. The van der Waals surface area contributed by atoms with Crippen LogP contribution < -0.4 is 15.6 Å². The van der Waals surface area contributed by atoms with E-state index in [1.165, 1.54) is 37.4 Å². The molecule has 0 fully saturated rings. The van der Waals surface area contributed by atoms with Crippen molar-refractivity contribution in [3.8, 4) is 5.75 Å². The monoisotopic (exact) mass is 400 g/mol. The molecule has 0 spiro atoms. The normalized spacial score (nSPS) is 10.1. The summed E-state index contributed by atoms with van der Waals surface area (Å²) in [6, 6.07) is 8.10. The van der Waals surface area contributed by atoms with Crippen molar-refractivity contribution < 1.29 is 18.7 Å². The van der Waals surface area contributed by atoms with Gasteiger partial charge in [-0.3, -0.25) is 20.4 Å². The van der Waals surface area contributed by atoms with Crippen LogP contribution >= 0.6 is 27.5 Å². The van der Waals surface area contributed by atoms with Crippen LogP contribution in [0.25, 0.3) is 0 Å². The second-order valence-corrected chi connectivity index (χ2v) is 5.67. The molecule has 0 unspecified atom stereocenters. The number of hydrogen-bond acceptors (Lipinski definition) is 3. The van der Waals surface area contributed by atoms with Gasteiger partial charge in [0.1, 0.15) is 11.6 Å². The Morgan fingerprint density at radius 1 is 1.09 bits per heavy atom. The summed E-state index contributed by atoms with van der Waals surface area (Å²) in [5.74, 6) is -1.57. The van der Waals surface area contributed by atoms with E-state index < -0.39 is 17.6 Å². The van der Waals surface area contributed by atoms with Crippen LogP contribution in [0.1, 0.15) is 20.7 Å². The molecule has 2 aromatic rings. The molecule has 2 aromatic carbocycles. The minimum absolute atomic E-state index is 0.0494. The topological polar surface area (TPSA) is 67.4 Å². The van der Waals surface area contributed by atoms with Gasteiger partial charge in [0.05, 0.1) is 18.2 Å². The average Bonchev–Trinajstić information content (AvgIpc) is 2.54. The minimum atomic E-state index is -0.669. The Hall–Kier alpha value is -2.12. The highest BCUT2D eigenvalue weighted by Crippen LogP contribution is 2.23. The third kappa shape index (κ3) is 4.20. The van der Waals surface area contributed by atoms with Gasteiger partial charge in [-0.1, -0.05) is 11.6 Å². The first kappa shape index (κ1) is 17.2. The molecule has 2 amide bonds. The zero-order valence-electron chi connectivity index (χ0n) is 11.8. The van der Waals surface area contributed by atoms with Crippen molar-refractivity contribution in [3.05, 3.63) is 62.8 Å². The molecule has 0 heterocycles. The van der Waals surface area contributed by atoms with Crippen molar-refractivity contribution in [2.24, 2.45) is 0 Å². The molecule has 120 valence electrons. The van der Waals surface area contributed by atoms with E-state index in [9.17, 15) is 14.0 Å². The number of hydrogen-bond donors (Lipinski definition) is 2. The fraction of sp³-hybridized carbons (Fsp3) is 0.0667. The fourth-order valence-corrected chi connectivity index (χ4v) is 2.36. The largest absolute Gasteiger partial charge is 0.496 e. The number of carbonyl (C=O) groups excluding carboxylic acids is 2. The van der Waals surface area contributed by atoms with E-state index >= 15 is 0 Å². The minimum Gasteiger partial charge on any atom is -0.496 e. The molecule has 2 N–H and O–H groups in total. The van der Waals surface area contributed by atoms with Gasteiger partial charge in [0.15, 0.2) is 0 Å². The van der Waals surface area contributed by atoms with Crippen molar-refractivity contribution >= 4 is 39.3 Å². The standard InChI is InChI=1S/C15H11BrClFN2O3/c1-23-13-6-8(17)2-4-10(13)14(21)19-20-15(22)11-7-9(18)3-5-12(11)16/h2-7H,1H3,(H,19,21)(H,20,22). The highest BCUT2D eigenvalue weighted by atomic mass is 79.9. The average molecular weight is 402 g/mol. The maximum Gasteiger partial charge on any atom is 0.273 e. The highest BCUT2D eigenvalue weighted by molar-refractivity contribution is 9.10. The smallest absolute Gasteiger partial charge is 0.273 e. The fourth-order valence-electron chi connectivity index (χ4n) is 1.77. The van der Waals surface area contributed by atoms with E-state index in [4.69, 9.17) is 16.3 Å². The molecular weight excluding hydrogens is 391 g/mol. The van der Waals surface area contributed by atoms with Crippen LogP contribution in [0.5, 0.6) is 5.75 Å². The van der Waals surface area contributed by atoms with Gasteiger partial charge >= 0.3 is 0 Å². The molecule has 0 aromatic heterocycles. The lowest BCUT2D eigenvalue weighted by atomic mass is 10.2. The molecule has 0 saturated heterocycles. The summed E-state index contributed by atoms with van der Waals surface area (Å²) in [4.78, 5) is 24.1. The van der Waals surface area contributed by atoms with Crippen LogP contribution in [-0.4, -0.2) is 18.9 Å². The Labute approximate surface area is 144 Å². The van der Waals surface area contributed by atoms with Crippen molar-refractivity contribution in [2.45, 2.75) is 0 Å². The van der Waals surface area contributed by atoms with E-state index in [1.54, 1.807) is 0 Å². The molecule has 0 aliphatic rings. The number of benzene rings is 2. The number of nitrogens with one attached hydrogen (secondary N) is 2. The third-order valence-corrected chi connectivity index (χ3v) is 3.80. The Kier molecular flexibility index (Phi) is 5.57. The summed E-state index contributed by atoms with van der Waals surface area (Å²) in [5, 5.41) is 0.408. The molecule has 5 nitrogen and oxygen atoms in total. The van der Waals surface area contributed by atoms with Crippen LogP contribution in [0.3, 0.4) is 0 Å². The Bertz CT molecular complexity index is 770. The van der Waals surface area contributed by atoms with Crippen LogP contribution in [0.15, 0.2) is 40.9 Å². The van der Waals surface area contributed by atoms with Gasteiger partial charge in [0.25, 0.3) is 11.8 Å². The number of amides is 2. The number of methoxy groups -OCH3 is 1. The lowest BCUT2D eigenvalue weighted by molar-refractivity contribution is 0.0844. The molecule has 2 rings (SSSR count). The van der Waals surface area contributed by atoms with Gasteiger partial charge in [-0.2, -0.15) is 0 Å². The van der Waals surface area contributed by atoms with E-state index in [1.807, 2.05) is 0 Å². The molecule has 0 saturated carbocycles. The molecular formula is C15H11BrClFN2O3. The maximum absolute atomic E-state index is 13.2. The van der Waals surface area contributed by atoms with Gasteiger partial charge in [0, 0.05) is 9.50 Å². The summed E-state index contributed by atoms with van der Waals surface area (Å²) in [6.45, 7) is 0. The van der Waals surface area contributed by atoms with Crippen molar-refractivity contribution in [3.63, 3.8) is 0 Å². The predicted octanol–water partition coefficient (Wildman–Crippen LogP) is 3.33. The van der Waals surface area contributed by atoms with Crippen molar-refractivity contribution in [1.82, 2.24) is 10.9 Å². The van der Waals surface area contributed by atoms with Crippen LogP contribution in [0.4, 0.5) is 4.39 Å². The van der Waals surface area contributed by atoms with E-state index in [0.717, 1.165) is 6.07 Å². The zero-order chi connectivity index (χ0) is 17.0. The maximum atomic E-state index is 13.2. The first-order valence-electron chi connectivity index (χ1n) is 6.31. The third-order valence-electron chi connectivity index (χ3n) is 2.87. The van der Waals surface area contributed by atoms with Crippen molar-refractivity contribution in [1.29, 1.82) is 0 Å². The Balaban J connectivity index is 2.10. The van der Waals surface area contributed by atoms with Gasteiger partial charge in [-0.25, -0.2) is 4.39 Å². The SMILES string of the molecule is COc1cc(Cl)ccc1C(=O)NNC(=O)c1cc(F)ccc1Br. The van der Waals surface area contributed by atoms with Crippen LogP contribution in [0.2, 0.25) is 5.02 Å². The summed E-state index contributed by atoms with van der Waals surface area (Å²) in [6.07, 6.45) is 0. The number of hydrazine groups is 1. The number of carbonyl (C=O) groups is 2. The second kappa shape index (κ2) is 7.43. The van der Waals surface area contributed by atoms with E-state index in [-0.39, 0.29) is 16.9 Å². The second-order valence-electron chi connectivity index (χ2n) is 4.38. The quantitative estimate of drug-likeness (QED) is 0.775. The van der Waals surface area contributed by atoms with Crippen LogP contribution in [-0.2, 0) is 0 Å². The molecule has 23 heavy (non-hydrogen) atoms. The predicted molar refractivity (Wildman–Crippen MR) is 87.0 cm³/mol. The molecule has 0 bridgehead atoms. The van der Waals surface area contributed by atoms with Gasteiger partial charge in [0.2, 0.25) is 0 Å². The number of halogens is 3. The van der Waals surface area contributed by atoms with Gasteiger partial charge < -0.3 is 4.74 Å². The molecule has 0 aliphatic carbocycles.